The molecule has 3 heterocycles. The van der Waals surface area contributed by atoms with Gasteiger partial charge in [-0.15, -0.1) is 5.10 Å². The van der Waals surface area contributed by atoms with Crippen molar-refractivity contribution in [2.24, 2.45) is 7.05 Å². The largest absolute Gasteiger partial charge is 0.451 e. The van der Waals surface area contributed by atoms with Crippen molar-refractivity contribution in [3.8, 4) is 22.5 Å². The molecule has 0 radical (unpaired) electrons. The van der Waals surface area contributed by atoms with E-state index in [-0.39, 0.29) is 22.3 Å². The van der Waals surface area contributed by atoms with Crippen molar-refractivity contribution in [3.63, 3.8) is 0 Å². The fraction of sp³-hybridized carbons (Fsp3) is 0.290. The molecular formula is C31H30N4O5. The summed E-state index contributed by atoms with van der Waals surface area (Å²) in [5, 5.41) is 7.72. The number of nitrogens with one attached hydrogen (secondary N) is 1. The Morgan fingerprint density at radius 2 is 1.70 bits per heavy atom. The third kappa shape index (κ3) is 4.27. The van der Waals surface area contributed by atoms with E-state index in [1.807, 2.05) is 75.4 Å². The second-order valence-electron chi connectivity index (χ2n) is 11.3. The molecule has 1 saturated carbocycles. The molecule has 0 saturated heterocycles. The van der Waals surface area contributed by atoms with Gasteiger partial charge in [-0.25, -0.2) is 18.7 Å². The summed E-state index contributed by atoms with van der Waals surface area (Å²) < 4.78 is 14.5. The first kappa shape index (κ1) is 25.6. The highest BCUT2D eigenvalue weighted by Gasteiger charge is 2.41. The Morgan fingerprint density at radius 1 is 1.00 bits per heavy atom. The third-order valence-electron chi connectivity index (χ3n) is 7.41. The molecule has 3 aromatic heterocycles. The van der Waals surface area contributed by atoms with Crippen molar-refractivity contribution in [3.05, 3.63) is 93.1 Å². The number of carbonyl (C=O) groups excluding carboxylic acids is 1. The van der Waals surface area contributed by atoms with E-state index in [1.165, 1.54) is 9.08 Å². The number of benzene rings is 2. The summed E-state index contributed by atoms with van der Waals surface area (Å²) in [6.45, 7) is 5.52. The van der Waals surface area contributed by atoms with Gasteiger partial charge in [-0.3, -0.25) is 4.79 Å². The predicted molar refractivity (Wildman–Crippen MR) is 152 cm³/mol. The Balaban J connectivity index is 1.48. The van der Waals surface area contributed by atoms with Gasteiger partial charge in [-0.1, -0.05) is 54.6 Å². The molecule has 0 unspecified atom stereocenters. The number of fused-ring (bicyclic) bond motifs is 3. The van der Waals surface area contributed by atoms with Gasteiger partial charge in [0.2, 0.25) is 11.1 Å². The van der Waals surface area contributed by atoms with E-state index < -0.39 is 17.2 Å². The number of nitrogens with zero attached hydrogens (tertiary/aromatic N) is 3. The van der Waals surface area contributed by atoms with Gasteiger partial charge in [0, 0.05) is 18.8 Å². The van der Waals surface area contributed by atoms with Crippen LogP contribution in [0.3, 0.4) is 0 Å². The standard InChI is InChI=1S/C31H30N4O5/c1-30(2,3)40-28(37)32-31(16-8-17-31)21-13-11-19(12-14-21)23-24(36)22-15-18-35-27(33-34(4)29(35)38)26(22)39-25(23)20-9-6-5-7-10-20/h5-7,9-15,18H,8,16-17H2,1-4H3,(H,32,37). The summed E-state index contributed by atoms with van der Waals surface area (Å²) in [4.78, 5) is 39.1. The minimum absolute atomic E-state index is 0.223. The number of ether oxygens (including phenoxy) is 1. The number of aryl methyl sites for hydroxylation is 1. The van der Waals surface area contributed by atoms with Crippen molar-refractivity contribution in [2.75, 3.05) is 0 Å². The second kappa shape index (κ2) is 9.22. The quantitative estimate of drug-likeness (QED) is 0.329. The molecule has 0 bridgehead atoms. The van der Waals surface area contributed by atoms with Crippen molar-refractivity contribution >= 4 is 22.7 Å². The van der Waals surface area contributed by atoms with Gasteiger partial charge in [-0.2, -0.15) is 0 Å². The number of hydrogen-bond donors (Lipinski definition) is 1. The molecule has 9 nitrogen and oxygen atoms in total. The lowest BCUT2D eigenvalue weighted by molar-refractivity contribution is 0.0377. The Morgan fingerprint density at radius 3 is 2.33 bits per heavy atom. The van der Waals surface area contributed by atoms with E-state index in [0.717, 1.165) is 30.4 Å². The summed E-state index contributed by atoms with van der Waals surface area (Å²) >= 11 is 0. The maximum absolute atomic E-state index is 14.0. The molecule has 0 aliphatic heterocycles. The van der Waals surface area contributed by atoms with Crippen molar-refractivity contribution in [1.29, 1.82) is 0 Å². The molecule has 0 spiro atoms. The number of pyridine rings is 1. The van der Waals surface area contributed by atoms with Crippen LogP contribution in [0.15, 0.2) is 80.9 Å². The zero-order valence-electron chi connectivity index (χ0n) is 22.9. The summed E-state index contributed by atoms with van der Waals surface area (Å²) in [6.07, 6.45) is 3.70. The van der Waals surface area contributed by atoms with Crippen LogP contribution in [0.2, 0.25) is 0 Å². The van der Waals surface area contributed by atoms with Gasteiger partial charge in [-0.05, 0) is 57.2 Å². The average molecular weight is 539 g/mol. The minimum Gasteiger partial charge on any atom is -0.451 e. The Bertz CT molecular complexity index is 1870. The highest BCUT2D eigenvalue weighted by Crippen LogP contribution is 2.42. The molecule has 6 rings (SSSR count). The number of amides is 1. The van der Waals surface area contributed by atoms with Crippen LogP contribution in [0, 0.1) is 0 Å². The van der Waals surface area contributed by atoms with Gasteiger partial charge in [0.05, 0.1) is 16.5 Å². The smallest absolute Gasteiger partial charge is 0.408 e. The molecule has 2 aromatic carbocycles. The van der Waals surface area contributed by atoms with Gasteiger partial charge in [0.1, 0.15) is 11.4 Å². The first-order valence-corrected chi connectivity index (χ1v) is 13.3. The molecule has 1 amide bonds. The fourth-order valence-electron chi connectivity index (χ4n) is 5.31. The van der Waals surface area contributed by atoms with Crippen LogP contribution in [-0.2, 0) is 17.3 Å². The molecule has 5 aromatic rings. The molecule has 1 fully saturated rings. The van der Waals surface area contributed by atoms with E-state index in [4.69, 9.17) is 9.15 Å². The lowest BCUT2D eigenvalue weighted by atomic mass is 9.71. The van der Waals surface area contributed by atoms with Crippen molar-refractivity contribution < 1.29 is 13.9 Å². The zero-order valence-corrected chi connectivity index (χ0v) is 22.9. The van der Waals surface area contributed by atoms with Gasteiger partial charge < -0.3 is 14.5 Å². The maximum Gasteiger partial charge on any atom is 0.408 e. The van der Waals surface area contributed by atoms with Crippen LogP contribution in [0.5, 0.6) is 0 Å². The van der Waals surface area contributed by atoms with Crippen LogP contribution in [-0.4, -0.2) is 25.9 Å². The number of rotatable bonds is 4. The summed E-state index contributed by atoms with van der Waals surface area (Å²) in [5.41, 5.74) is 1.65. The molecule has 40 heavy (non-hydrogen) atoms. The lowest BCUT2D eigenvalue weighted by Crippen LogP contribution is -2.52. The lowest BCUT2D eigenvalue weighted by Gasteiger charge is -2.43. The van der Waals surface area contributed by atoms with E-state index in [9.17, 15) is 14.4 Å². The highest BCUT2D eigenvalue weighted by molar-refractivity contribution is 5.94. The Kier molecular flexibility index (Phi) is 5.90. The maximum atomic E-state index is 14.0. The highest BCUT2D eigenvalue weighted by atomic mass is 16.6. The SMILES string of the molecule is Cn1nc2c3oc(-c4ccccc4)c(-c4ccc(C5(NC(=O)OC(C)(C)C)CCC5)cc4)c(=O)c3ccn2c1=O. The number of carbonyl (C=O) groups is 1. The number of aromatic nitrogens is 3. The molecule has 9 heteroatoms. The van der Waals surface area contributed by atoms with Crippen LogP contribution in [0.1, 0.15) is 45.6 Å². The Hall–Kier alpha value is -4.66. The average Bonchev–Trinajstić information content (AvgIpc) is 3.19. The molecule has 1 aliphatic rings. The normalized spacial score (nSPS) is 14.7. The number of alkyl carbamates (subject to hydrolysis) is 1. The van der Waals surface area contributed by atoms with E-state index in [2.05, 4.69) is 10.4 Å². The first-order valence-electron chi connectivity index (χ1n) is 13.3. The van der Waals surface area contributed by atoms with E-state index >= 15 is 0 Å². The van der Waals surface area contributed by atoms with E-state index in [1.54, 1.807) is 19.3 Å². The second-order valence-corrected chi connectivity index (χ2v) is 11.3. The van der Waals surface area contributed by atoms with Gasteiger partial charge >= 0.3 is 11.8 Å². The summed E-state index contributed by atoms with van der Waals surface area (Å²) in [5.74, 6) is 0.391. The predicted octanol–water partition coefficient (Wildman–Crippen LogP) is 5.38. The first-order chi connectivity index (χ1) is 19.1. The van der Waals surface area contributed by atoms with Crippen LogP contribution < -0.4 is 16.4 Å². The third-order valence-corrected chi connectivity index (χ3v) is 7.41. The Labute approximate surface area is 230 Å². The van der Waals surface area contributed by atoms with Crippen molar-refractivity contribution in [1.82, 2.24) is 19.5 Å². The van der Waals surface area contributed by atoms with Gasteiger partial charge in [0.15, 0.2) is 5.58 Å². The monoisotopic (exact) mass is 538 g/mol. The molecule has 0 atom stereocenters. The molecule has 1 N–H and O–H groups in total. The minimum atomic E-state index is -0.592. The zero-order chi connectivity index (χ0) is 28.2. The van der Waals surface area contributed by atoms with Crippen LogP contribution >= 0.6 is 0 Å². The molecular weight excluding hydrogens is 508 g/mol. The van der Waals surface area contributed by atoms with Crippen LogP contribution in [0.25, 0.3) is 39.1 Å². The molecule has 1 aliphatic carbocycles. The molecule has 204 valence electrons. The van der Waals surface area contributed by atoms with Crippen LogP contribution in [0.4, 0.5) is 4.79 Å². The van der Waals surface area contributed by atoms with Crippen molar-refractivity contribution in [2.45, 2.75) is 51.2 Å². The number of hydrogen-bond acceptors (Lipinski definition) is 6. The summed E-state index contributed by atoms with van der Waals surface area (Å²) in [7, 11) is 1.56. The topological polar surface area (TPSA) is 108 Å². The van der Waals surface area contributed by atoms with E-state index in [0.29, 0.717) is 22.3 Å². The summed E-state index contributed by atoms with van der Waals surface area (Å²) in [6, 6.07) is 18.7. The fourth-order valence-corrected chi connectivity index (χ4v) is 5.31. The van der Waals surface area contributed by atoms with Gasteiger partial charge in [0.25, 0.3) is 0 Å².